The van der Waals surface area contributed by atoms with Crippen molar-refractivity contribution in [2.24, 2.45) is 0 Å². The highest BCUT2D eigenvalue weighted by Gasteiger charge is 2.30. The van der Waals surface area contributed by atoms with Crippen molar-refractivity contribution in [3.8, 4) is 5.75 Å². The smallest absolute Gasteiger partial charge is 0.261 e. The monoisotopic (exact) mass is 434 g/mol. The van der Waals surface area contributed by atoms with Gasteiger partial charge in [0.1, 0.15) is 17.6 Å². The topological polar surface area (TPSA) is 58.6 Å². The molecule has 3 aromatic carbocycles. The molecule has 5 nitrogen and oxygen atoms in total. The predicted octanol–water partition coefficient (Wildman–Crippen LogP) is 3.90. The van der Waals surface area contributed by atoms with Gasteiger partial charge in [0.05, 0.1) is 0 Å². The normalized spacial score (nSPS) is 11.5. The molecule has 0 saturated heterocycles. The molecule has 3 rings (SSSR count). The van der Waals surface area contributed by atoms with Crippen LogP contribution >= 0.6 is 0 Å². The number of likely N-dealkylation sites (N-methyl/N-ethyl adjacent to an activating group) is 1. The summed E-state index contributed by atoms with van der Waals surface area (Å²) in [4.78, 5) is 27.7. The summed E-state index contributed by atoms with van der Waals surface area (Å²) in [6.45, 7) is 1.97. The third kappa shape index (κ3) is 6.17. The highest BCUT2D eigenvalue weighted by Crippen LogP contribution is 2.18. The lowest BCUT2D eigenvalue weighted by Gasteiger charge is -2.31. The minimum Gasteiger partial charge on any atom is -0.484 e. The molecule has 0 fully saturated rings. The van der Waals surface area contributed by atoms with Gasteiger partial charge in [-0.15, -0.1) is 0 Å². The first kappa shape index (κ1) is 23.0. The van der Waals surface area contributed by atoms with Crippen LogP contribution in [-0.2, 0) is 22.6 Å². The summed E-state index contributed by atoms with van der Waals surface area (Å²) in [7, 11) is 1.56. The van der Waals surface area contributed by atoms with Crippen LogP contribution in [0.25, 0.3) is 0 Å². The molecule has 0 aliphatic carbocycles. The summed E-state index contributed by atoms with van der Waals surface area (Å²) in [6.07, 6.45) is 0.370. The lowest BCUT2D eigenvalue weighted by molar-refractivity contribution is -0.142. The molecule has 6 heteroatoms. The Kier molecular flexibility index (Phi) is 7.97. The van der Waals surface area contributed by atoms with Crippen molar-refractivity contribution < 1.29 is 18.7 Å². The largest absolute Gasteiger partial charge is 0.484 e. The summed E-state index contributed by atoms with van der Waals surface area (Å²) >= 11 is 0. The number of amides is 2. The first-order valence-electron chi connectivity index (χ1n) is 10.5. The van der Waals surface area contributed by atoms with Crippen molar-refractivity contribution in [2.75, 3.05) is 13.7 Å². The van der Waals surface area contributed by atoms with Gasteiger partial charge in [0.2, 0.25) is 5.91 Å². The summed E-state index contributed by atoms with van der Waals surface area (Å²) < 4.78 is 18.8. The molecule has 0 aromatic heterocycles. The summed E-state index contributed by atoms with van der Waals surface area (Å²) in [6, 6.07) is 22.1. The van der Waals surface area contributed by atoms with Gasteiger partial charge in [0, 0.05) is 20.0 Å². The zero-order valence-corrected chi connectivity index (χ0v) is 18.3. The van der Waals surface area contributed by atoms with Crippen LogP contribution in [0.1, 0.15) is 16.7 Å². The molecule has 3 aromatic rings. The molecule has 0 heterocycles. The number of carbonyl (C=O) groups excluding carboxylic acids is 2. The molecule has 0 bridgehead atoms. The van der Waals surface area contributed by atoms with Gasteiger partial charge < -0.3 is 15.0 Å². The van der Waals surface area contributed by atoms with Gasteiger partial charge >= 0.3 is 0 Å². The molecule has 166 valence electrons. The van der Waals surface area contributed by atoms with E-state index in [0.29, 0.717) is 12.2 Å². The average Bonchev–Trinajstić information content (AvgIpc) is 2.82. The Morgan fingerprint density at radius 3 is 2.28 bits per heavy atom. The van der Waals surface area contributed by atoms with Gasteiger partial charge in [-0.05, 0) is 47.9 Å². The number of halogens is 1. The van der Waals surface area contributed by atoms with E-state index in [-0.39, 0.29) is 30.8 Å². The molecule has 0 aliphatic rings. The van der Waals surface area contributed by atoms with Crippen LogP contribution < -0.4 is 10.1 Å². The first-order valence-corrected chi connectivity index (χ1v) is 10.5. The molecular weight excluding hydrogens is 407 g/mol. The Morgan fingerprint density at radius 1 is 0.969 bits per heavy atom. The number of rotatable bonds is 9. The average molecular weight is 435 g/mol. The van der Waals surface area contributed by atoms with E-state index in [4.69, 9.17) is 4.74 Å². The minimum absolute atomic E-state index is 0.252. The number of hydrogen-bond acceptors (Lipinski definition) is 3. The fraction of sp³-hybridized carbons (Fsp3) is 0.231. The third-order valence-corrected chi connectivity index (χ3v) is 5.30. The van der Waals surface area contributed by atoms with Gasteiger partial charge in [0.15, 0.2) is 6.61 Å². The van der Waals surface area contributed by atoms with Gasteiger partial charge in [-0.3, -0.25) is 9.59 Å². The van der Waals surface area contributed by atoms with Crippen molar-refractivity contribution in [3.05, 3.63) is 101 Å². The number of nitrogens with zero attached hydrogens (tertiary/aromatic N) is 1. The minimum atomic E-state index is -0.716. The third-order valence-electron chi connectivity index (χ3n) is 5.30. The SMILES string of the molecule is CNC(=O)[C@@H](Cc1ccccc1)N(Cc1ccccc1C)C(=O)COc1ccc(F)cc1. The maximum absolute atomic E-state index is 13.3. The maximum atomic E-state index is 13.3. The van der Waals surface area contributed by atoms with E-state index in [0.717, 1.165) is 16.7 Å². The molecule has 0 aliphatic heterocycles. The summed E-state index contributed by atoms with van der Waals surface area (Å²) in [5, 5.41) is 2.69. The Hall–Kier alpha value is -3.67. The summed E-state index contributed by atoms with van der Waals surface area (Å²) in [5.41, 5.74) is 2.92. The predicted molar refractivity (Wildman–Crippen MR) is 122 cm³/mol. The van der Waals surface area contributed by atoms with Crippen LogP contribution in [0.5, 0.6) is 5.75 Å². The lowest BCUT2D eigenvalue weighted by atomic mass is 10.0. The Balaban J connectivity index is 1.87. The molecule has 1 N–H and O–H groups in total. The molecule has 0 saturated carbocycles. The zero-order chi connectivity index (χ0) is 22.9. The molecule has 0 unspecified atom stereocenters. The van der Waals surface area contributed by atoms with Crippen molar-refractivity contribution in [1.82, 2.24) is 10.2 Å². The van der Waals surface area contributed by atoms with Crippen molar-refractivity contribution in [1.29, 1.82) is 0 Å². The number of ether oxygens (including phenoxy) is 1. The number of benzene rings is 3. The second kappa shape index (κ2) is 11.1. The van der Waals surface area contributed by atoms with Crippen LogP contribution in [0.15, 0.2) is 78.9 Å². The van der Waals surface area contributed by atoms with Crippen LogP contribution in [0.2, 0.25) is 0 Å². The lowest BCUT2D eigenvalue weighted by Crippen LogP contribution is -2.51. The van der Waals surface area contributed by atoms with E-state index >= 15 is 0 Å². The van der Waals surface area contributed by atoms with E-state index in [1.807, 2.05) is 61.5 Å². The Morgan fingerprint density at radius 2 is 1.62 bits per heavy atom. The van der Waals surface area contributed by atoms with Crippen molar-refractivity contribution in [2.45, 2.75) is 25.9 Å². The molecule has 1 atom stereocenters. The van der Waals surface area contributed by atoms with E-state index in [9.17, 15) is 14.0 Å². The van der Waals surface area contributed by atoms with Crippen LogP contribution in [0.4, 0.5) is 4.39 Å². The fourth-order valence-electron chi connectivity index (χ4n) is 3.45. The van der Waals surface area contributed by atoms with Gasteiger partial charge in [-0.25, -0.2) is 4.39 Å². The van der Waals surface area contributed by atoms with E-state index in [1.165, 1.54) is 24.3 Å². The van der Waals surface area contributed by atoms with E-state index in [1.54, 1.807) is 11.9 Å². The highest BCUT2D eigenvalue weighted by molar-refractivity contribution is 5.88. The molecule has 2 amide bonds. The molecule has 32 heavy (non-hydrogen) atoms. The van der Waals surface area contributed by atoms with Crippen LogP contribution in [0, 0.1) is 12.7 Å². The second-order valence-corrected chi connectivity index (χ2v) is 7.51. The molecule has 0 radical (unpaired) electrons. The van der Waals surface area contributed by atoms with Crippen molar-refractivity contribution >= 4 is 11.8 Å². The van der Waals surface area contributed by atoms with Crippen LogP contribution in [-0.4, -0.2) is 36.4 Å². The first-order chi connectivity index (χ1) is 15.5. The maximum Gasteiger partial charge on any atom is 0.261 e. The Bertz CT molecular complexity index is 1040. The van der Waals surface area contributed by atoms with E-state index in [2.05, 4.69) is 5.32 Å². The van der Waals surface area contributed by atoms with E-state index < -0.39 is 6.04 Å². The zero-order valence-electron chi connectivity index (χ0n) is 18.3. The summed E-state index contributed by atoms with van der Waals surface area (Å²) in [5.74, 6) is -0.581. The number of carbonyl (C=O) groups is 2. The number of nitrogens with one attached hydrogen (secondary N) is 1. The second-order valence-electron chi connectivity index (χ2n) is 7.51. The Labute approximate surface area is 187 Å². The molecular formula is C26H27FN2O3. The van der Waals surface area contributed by atoms with Gasteiger partial charge in [-0.2, -0.15) is 0 Å². The standard InChI is InChI=1S/C26H27FN2O3/c1-19-8-6-7-11-21(19)17-29(25(30)18-32-23-14-12-22(27)13-15-23)24(26(31)28-2)16-20-9-4-3-5-10-20/h3-15,24H,16-18H2,1-2H3,(H,28,31)/t24-/m1/s1. The van der Waals surface area contributed by atoms with Gasteiger partial charge in [0.25, 0.3) is 5.91 Å². The van der Waals surface area contributed by atoms with Gasteiger partial charge in [-0.1, -0.05) is 54.6 Å². The number of hydrogen-bond donors (Lipinski definition) is 1. The number of aryl methyl sites for hydroxylation is 1. The highest BCUT2D eigenvalue weighted by atomic mass is 19.1. The van der Waals surface area contributed by atoms with Crippen LogP contribution in [0.3, 0.4) is 0 Å². The molecule has 0 spiro atoms. The quantitative estimate of drug-likeness (QED) is 0.556. The van der Waals surface area contributed by atoms with Crippen molar-refractivity contribution in [3.63, 3.8) is 0 Å². The fourth-order valence-corrected chi connectivity index (χ4v) is 3.45.